The van der Waals surface area contributed by atoms with Crippen molar-refractivity contribution in [1.29, 1.82) is 0 Å². The third kappa shape index (κ3) is 1.55. The highest BCUT2D eigenvalue weighted by Crippen LogP contribution is 2.22. The van der Waals surface area contributed by atoms with E-state index in [1.54, 1.807) is 6.20 Å². The van der Waals surface area contributed by atoms with E-state index >= 15 is 0 Å². The summed E-state index contributed by atoms with van der Waals surface area (Å²) < 4.78 is 0. The lowest BCUT2D eigenvalue weighted by atomic mass is 10.3. The summed E-state index contributed by atoms with van der Waals surface area (Å²) in [5.41, 5.74) is 1.01. The third-order valence-electron chi connectivity index (χ3n) is 1.90. The Balaban J connectivity index is 2.10. The molecule has 0 aliphatic carbocycles. The van der Waals surface area contributed by atoms with Crippen LogP contribution in [0.15, 0.2) is 17.7 Å². The van der Waals surface area contributed by atoms with Crippen LogP contribution in [0.1, 0.15) is 5.01 Å². The molecule has 1 aromatic heterocycles. The summed E-state index contributed by atoms with van der Waals surface area (Å²) >= 11 is 1.53. The van der Waals surface area contributed by atoms with Gasteiger partial charge in [-0.1, -0.05) is 6.08 Å². The van der Waals surface area contributed by atoms with Gasteiger partial charge in [0.15, 0.2) is 0 Å². The maximum absolute atomic E-state index is 10.6. The van der Waals surface area contributed by atoms with E-state index in [0.717, 1.165) is 10.6 Å². The summed E-state index contributed by atoms with van der Waals surface area (Å²) in [6, 6.07) is 0. The molecule has 0 atom stereocenters. The van der Waals surface area contributed by atoms with Gasteiger partial charge in [-0.15, -0.1) is 11.3 Å². The molecule has 1 N–H and O–H groups in total. The molecule has 2 rings (SSSR count). The first-order valence-corrected chi connectivity index (χ1v) is 4.72. The molecule has 1 aromatic rings. The Morgan fingerprint density at radius 3 is 3.08 bits per heavy atom. The van der Waals surface area contributed by atoms with Gasteiger partial charge in [-0.2, -0.15) is 0 Å². The second-order valence-electron chi connectivity index (χ2n) is 2.73. The fourth-order valence-electron chi connectivity index (χ4n) is 1.24. The molecule has 0 unspecified atom stereocenters. The molecule has 13 heavy (non-hydrogen) atoms. The zero-order valence-corrected chi connectivity index (χ0v) is 7.62. The monoisotopic (exact) mass is 196 g/mol. The van der Waals surface area contributed by atoms with Gasteiger partial charge in [0.1, 0.15) is 5.01 Å². The average Bonchev–Trinajstić information content (AvgIpc) is 2.75. The van der Waals surface area contributed by atoms with Crippen molar-refractivity contribution >= 4 is 23.0 Å². The van der Waals surface area contributed by atoms with Crippen molar-refractivity contribution in [2.45, 2.75) is 0 Å². The van der Waals surface area contributed by atoms with Gasteiger partial charge in [0.25, 0.3) is 0 Å². The van der Waals surface area contributed by atoms with Gasteiger partial charge >= 0.3 is 6.09 Å². The van der Waals surface area contributed by atoms with E-state index < -0.39 is 6.09 Å². The molecule has 68 valence electrons. The van der Waals surface area contributed by atoms with Gasteiger partial charge in [0, 0.05) is 23.7 Å². The lowest BCUT2D eigenvalue weighted by Gasteiger charge is -2.09. The highest BCUT2D eigenvalue weighted by atomic mass is 32.1. The Hall–Kier alpha value is -1.36. The van der Waals surface area contributed by atoms with Crippen molar-refractivity contribution in [1.82, 2.24) is 9.88 Å². The molecular weight excluding hydrogens is 188 g/mol. The van der Waals surface area contributed by atoms with Gasteiger partial charge in [-0.3, -0.25) is 0 Å². The predicted octanol–water partition coefficient (Wildman–Crippen LogP) is 1.52. The Morgan fingerprint density at radius 1 is 1.69 bits per heavy atom. The zero-order chi connectivity index (χ0) is 9.26. The van der Waals surface area contributed by atoms with E-state index in [-0.39, 0.29) is 0 Å². The first-order chi connectivity index (χ1) is 6.27. The van der Waals surface area contributed by atoms with Gasteiger partial charge in [-0.25, -0.2) is 9.78 Å². The van der Waals surface area contributed by atoms with Crippen LogP contribution in [0.4, 0.5) is 4.79 Å². The molecule has 0 saturated heterocycles. The molecule has 5 heteroatoms. The van der Waals surface area contributed by atoms with Crippen molar-refractivity contribution in [3.63, 3.8) is 0 Å². The highest BCUT2D eigenvalue weighted by Gasteiger charge is 2.20. The minimum atomic E-state index is -0.872. The van der Waals surface area contributed by atoms with E-state index in [1.807, 2.05) is 11.5 Å². The molecule has 2 heterocycles. The van der Waals surface area contributed by atoms with Crippen molar-refractivity contribution in [2.75, 3.05) is 13.1 Å². The number of amides is 1. The molecular formula is C8H8N2O2S. The first kappa shape index (κ1) is 8.25. The third-order valence-corrected chi connectivity index (χ3v) is 2.75. The van der Waals surface area contributed by atoms with Crippen LogP contribution >= 0.6 is 11.3 Å². The Labute approximate surface area is 79.1 Å². The maximum Gasteiger partial charge on any atom is 0.407 e. The average molecular weight is 196 g/mol. The van der Waals surface area contributed by atoms with E-state index in [0.29, 0.717) is 13.1 Å². The normalized spacial score (nSPS) is 16.0. The molecule has 0 aromatic carbocycles. The number of thiazole rings is 1. The second kappa shape index (κ2) is 3.18. The smallest absolute Gasteiger partial charge is 0.407 e. The molecule has 0 fully saturated rings. The minimum Gasteiger partial charge on any atom is -0.465 e. The van der Waals surface area contributed by atoms with Crippen LogP contribution in [0.2, 0.25) is 0 Å². The number of hydrogen-bond acceptors (Lipinski definition) is 3. The van der Waals surface area contributed by atoms with Gasteiger partial charge in [0.2, 0.25) is 0 Å². The lowest BCUT2D eigenvalue weighted by molar-refractivity contribution is 0.158. The van der Waals surface area contributed by atoms with Gasteiger partial charge in [-0.05, 0) is 0 Å². The molecule has 1 amide bonds. The maximum atomic E-state index is 10.6. The van der Waals surface area contributed by atoms with Crippen LogP contribution in [0.5, 0.6) is 0 Å². The van der Waals surface area contributed by atoms with Crippen molar-refractivity contribution in [3.8, 4) is 0 Å². The summed E-state index contributed by atoms with van der Waals surface area (Å²) in [6.45, 7) is 0.938. The fraction of sp³-hybridized carbons (Fsp3) is 0.250. The van der Waals surface area contributed by atoms with Gasteiger partial charge < -0.3 is 10.0 Å². The van der Waals surface area contributed by atoms with Crippen molar-refractivity contribution < 1.29 is 9.90 Å². The topological polar surface area (TPSA) is 53.4 Å². The molecule has 1 aliphatic heterocycles. The van der Waals surface area contributed by atoms with Crippen LogP contribution < -0.4 is 0 Å². The number of aromatic nitrogens is 1. The summed E-state index contributed by atoms with van der Waals surface area (Å²) in [4.78, 5) is 16.1. The molecule has 0 radical (unpaired) electrons. The molecule has 0 bridgehead atoms. The van der Waals surface area contributed by atoms with Crippen LogP contribution in [0.3, 0.4) is 0 Å². The van der Waals surface area contributed by atoms with Gasteiger partial charge in [0.05, 0.1) is 6.54 Å². The number of hydrogen-bond donors (Lipinski definition) is 1. The van der Waals surface area contributed by atoms with E-state index in [1.165, 1.54) is 16.2 Å². The summed E-state index contributed by atoms with van der Waals surface area (Å²) in [6.07, 6.45) is 2.76. The van der Waals surface area contributed by atoms with Crippen LogP contribution in [-0.2, 0) is 0 Å². The standard InChI is InChI=1S/C8H8N2O2S/c11-8(12)10-3-1-6(5-10)7-9-2-4-13-7/h1-2,4H,3,5H2,(H,11,12). The van der Waals surface area contributed by atoms with E-state index in [9.17, 15) is 4.79 Å². The number of carbonyl (C=O) groups is 1. The highest BCUT2D eigenvalue weighted by molar-refractivity contribution is 7.10. The van der Waals surface area contributed by atoms with Crippen molar-refractivity contribution in [2.24, 2.45) is 0 Å². The predicted molar refractivity (Wildman–Crippen MR) is 49.7 cm³/mol. The zero-order valence-electron chi connectivity index (χ0n) is 6.80. The SMILES string of the molecule is O=C(O)N1CC=C(c2nccs2)C1. The fourth-order valence-corrected chi connectivity index (χ4v) is 1.91. The summed E-state index contributed by atoms with van der Waals surface area (Å²) in [5.74, 6) is 0. The molecule has 0 spiro atoms. The van der Waals surface area contributed by atoms with E-state index in [4.69, 9.17) is 5.11 Å². The number of nitrogens with zero attached hydrogens (tertiary/aromatic N) is 2. The lowest BCUT2D eigenvalue weighted by Crippen LogP contribution is -2.26. The second-order valence-corrected chi connectivity index (χ2v) is 3.62. The number of rotatable bonds is 1. The van der Waals surface area contributed by atoms with Crippen LogP contribution in [0, 0.1) is 0 Å². The van der Waals surface area contributed by atoms with E-state index in [2.05, 4.69) is 4.98 Å². The summed E-state index contributed by atoms with van der Waals surface area (Å²) in [5, 5.41) is 11.5. The minimum absolute atomic E-state index is 0.461. The number of carboxylic acid groups (broad SMARTS) is 1. The molecule has 1 aliphatic rings. The van der Waals surface area contributed by atoms with Crippen LogP contribution in [-0.4, -0.2) is 34.2 Å². The first-order valence-electron chi connectivity index (χ1n) is 3.84. The Morgan fingerprint density at radius 2 is 2.54 bits per heavy atom. The van der Waals surface area contributed by atoms with Crippen molar-refractivity contribution in [3.05, 3.63) is 22.7 Å². The Bertz CT molecular complexity index is 345. The molecule has 0 saturated carbocycles. The summed E-state index contributed by atoms with van der Waals surface area (Å²) in [7, 11) is 0. The Kier molecular flexibility index (Phi) is 2.02. The quantitative estimate of drug-likeness (QED) is 0.740. The largest absolute Gasteiger partial charge is 0.465 e. The van der Waals surface area contributed by atoms with Crippen LogP contribution in [0.25, 0.3) is 5.57 Å². The molecule has 4 nitrogen and oxygen atoms in total.